The summed E-state index contributed by atoms with van der Waals surface area (Å²) in [5.74, 6) is 2.91. The number of carbonyl (C=O) groups is 3. The van der Waals surface area contributed by atoms with Crippen molar-refractivity contribution in [2.24, 2.45) is 46.3 Å². The fourth-order valence-electron chi connectivity index (χ4n) is 9.28. The Kier molecular flexibility index (Phi) is 7.22. The molecular weight excluding hydrogens is 490 g/mol. The van der Waals surface area contributed by atoms with Gasteiger partial charge in [-0.15, -0.1) is 11.3 Å². The third kappa shape index (κ3) is 4.40. The number of ketones is 2. The molecule has 0 radical (unpaired) electrons. The highest BCUT2D eigenvalue weighted by molar-refractivity contribution is 7.16. The summed E-state index contributed by atoms with van der Waals surface area (Å²) in [6.45, 7) is 9.16. The molecule has 0 saturated heterocycles. The van der Waals surface area contributed by atoms with Crippen molar-refractivity contribution in [3.05, 3.63) is 21.3 Å². The first-order valence-electron chi connectivity index (χ1n) is 14.2. The third-order valence-corrected chi connectivity index (χ3v) is 12.6. The summed E-state index contributed by atoms with van der Waals surface area (Å²) in [6, 6.07) is 3.93. The molecule has 36 heavy (non-hydrogen) atoms. The van der Waals surface area contributed by atoms with E-state index >= 15 is 0 Å². The Morgan fingerprint density at radius 2 is 1.86 bits per heavy atom. The van der Waals surface area contributed by atoms with Crippen molar-refractivity contribution in [1.29, 1.82) is 0 Å². The van der Waals surface area contributed by atoms with Gasteiger partial charge in [0.15, 0.2) is 0 Å². The van der Waals surface area contributed by atoms with Gasteiger partial charge < -0.3 is 5.32 Å². The van der Waals surface area contributed by atoms with Crippen molar-refractivity contribution in [3.63, 3.8) is 0 Å². The van der Waals surface area contributed by atoms with Crippen LogP contribution in [0.5, 0.6) is 0 Å². The highest BCUT2D eigenvalue weighted by Crippen LogP contribution is 2.67. The maximum atomic E-state index is 13.6. The van der Waals surface area contributed by atoms with Gasteiger partial charge in [-0.2, -0.15) is 0 Å². The van der Waals surface area contributed by atoms with E-state index in [1.807, 2.05) is 12.1 Å². The van der Waals surface area contributed by atoms with E-state index in [1.54, 1.807) is 0 Å². The topological polar surface area (TPSA) is 63.2 Å². The summed E-state index contributed by atoms with van der Waals surface area (Å²) >= 11 is 7.67. The van der Waals surface area contributed by atoms with Gasteiger partial charge in [0.25, 0.3) is 0 Å². The van der Waals surface area contributed by atoms with E-state index in [1.165, 1.54) is 11.3 Å². The summed E-state index contributed by atoms with van der Waals surface area (Å²) in [4.78, 5) is 40.0. The van der Waals surface area contributed by atoms with Crippen LogP contribution in [0.15, 0.2) is 12.1 Å². The summed E-state index contributed by atoms with van der Waals surface area (Å²) in [7, 11) is 0. The van der Waals surface area contributed by atoms with Crippen LogP contribution in [-0.4, -0.2) is 17.5 Å². The number of amides is 1. The molecule has 4 aliphatic carbocycles. The molecule has 5 rings (SSSR count). The first-order valence-corrected chi connectivity index (χ1v) is 15.3. The standard InChI is InChI=1S/C30H42ClNO3S/c1-5-23(25-8-9-26(31)36-25)32-27(35)14-17(2)20-6-7-21-28-22(11-13-30(20,21)4)29(3)12-10-19(33)15-18(29)16-24(28)34/h8-9,17-18,20-23,28H,5-7,10-16H2,1-4H3,(H,32,35)/t17-,18+,20-,21+,22+,23+,28+,29+,30-/m1/s1. The molecular formula is C30H42ClNO3S. The minimum Gasteiger partial charge on any atom is -0.348 e. The minimum atomic E-state index is 0.0143. The van der Waals surface area contributed by atoms with Gasteiger partial charge >= 0.3 is 0 Å². The quantitative estimate of drug-likeness (QED) is 0.416. The molecule has 4 nitrogen and oxygen atoms in total. The van der Waals surface area contributed by atoms with Crippen LogP contribution >= 0.6 is 22.9 Å². The summed E-state index contributed by atoms with van der Waals surface area (Å²) in [6.07, 6.45) is 8.69. The van der Waals surface area contributed by atoms with Gasteiger partial charge in [-0.3, -0.25) is 14.4 Å². The molecule has 0 unspecified atom stereocenters. The average Bonchev–Trinajstić information content (AvgIpc) is 3.41. The van der Waals surface area contributed by atoms with Gasteiger partial charge in [-0.05, 0) is 91.1 Å². The largest absolute Gasteiger partial charge is 0.348 e. The predicted molar refractivity (Wildman–Crippen MR) is 145 cm³/mol. The van der Waals surface area contributed by atoms with Crippen LogP contribution in [0.1, 0.15) is 103 Å². The Morgan fingerprint density at radius 3 is 2.56 bits per heavy atom. The molecule has 0 aromatic carbocycles. The predicted octanol–water partition coefficient (Wildman–Crippen LogP) is 7.40. The van der Waals surface area contributed by atoms with Crippen LogP contribution in [0.25, 0.3) is 0 Å². The van der Waals surface area contributed by atoms with Crippen LogP contribution < -0.4 is 5.32 Å². The summed E-state index contributed by atoms with van der Waals surface area (Å²) in [5.41, 5.74) is 0.257. The number of Topliss-reactive ketones (excluding diaryl/α,β-unsaturated/α-hetero) is 2. The van der Waals surface area contributed by atoms with Crippen LogP contribution in [0, 0.1) is 46.3 Å². The molecule has 1 heterocycles. The molecule has 4 aliphatic rings. The molecule has 4 fully saturated rings. The number of thiophene rings is 1. The maximum absolute atomic E-state index is 13.6. The van der Waals surface area contributed by atoms with Crippen LogP contribution in [0.3, 0.4) is 0 Å². The van der Waals surface area contributed by atoms with Gasteiger partial charge in [-0.1, -0.05) is 39.3 Å². The zero-order chi connectivity index (χ0) is 25.8. The summed E-state index contributed by atoms with van der Waals surface area (Å²) < 4.78 is 0.754. The summed E-state index contributed by atoms with van der Waals surface area (Å²) in [5, 5.41) is 3.26. The van der Waals surface area contributed by atoms with E-state index in [0.29, 0.717) is 55.0 Å². The van der Waals surface area contributed by atoms with E-state index in [9.17, 15) is 14.4 Å². The molecule has 1 N–H and O–H groups in total. The number of carbonyl (C=O) groups excluding carboxylic acids is 3. The number of nitrogens with one attached hydrogen (secondary N) is 1. The lowest BCUT2D eigenvalue weighted by atomic mass is 9.44. The van der Waals surface area contributed by atoms with E-state index in [4.69, 9.17) is 11.6 Å². The van der Waals surface area contributed by atoms with E-state index in [2.05, 4.69) is 33.0 Å². The fraction of sp³-hybridized carbons (Fsp3) is 0.767. The lowest BCUT2D eigenvalue weighted by Gasteiger charge is -2.59. The zero-order valence-electron chi connectivity index (χ0n) is 22.3. The molecule has 198 valence electrons. The van der Waals surface area contributed by atoms with E-state index < -0.39 is 0 Å². The van der Waals surface area contributed by atoms with Gasteiger partial charge in [0.05, 0.1) is 10.4 Å². The third-order valence-electron chi connectivity index (χ3n) is 11.2. The molecule has 1 aromatic heterocycles. The van der Waals surface area contributed by atoms with E-state index in [0.717, 1.165) is 47.7 Å². The second-order valence-electron chi connectivity index (χ2n) is 12.9. The van der Waals surface area contributed by atoms with Crippen molar-refractivity contribution >= 4 is 40.4 Å². The van der Waals surface area contributed by atoms with Gasteiger partial charge in [0.1, 0.15) is 11.6 Å². The molecule has 1 aromatic rings. The number of fused-ring (bicyclic) bond motifs is 5. The van der Waals surface area contributed by atoms with Crippen molar-refractivity contribution < 1.29 is 14.4 Å². The van der Waals surface area contributed by atoms with Crippen LogP contribution in [0.2, 0.25) is 4.34 Å². The Balaban J connectivity index is 1.28. The SMILES string of the molecule is CC[C@H](NC(=O)C[C@@H](C)[C@H]1CC[C@H]2[C@@H]3C(=O)C[C@@H]4CC(=O)CC[C@]4(C)[C@H]3CC[C@]12C)c1ccc(Cl)s1. The highest BCUT2D eigenvalue weighted by atomic mass is 35.5. The first-order chi connectivity index (χ1) is 17.1. The molecule has 0 aliphatic heterocycles. The second kappa shape index (κ2) is 9.84. The van der Waals surface area contributed by atoms with Gasteiger partial charge in [-0.25, -0.2) is 0 Å². The van der Waals surface area contributed by atoms with E-state index in [-0.39, 0.29) is 40.5 Å². The number of hydrogen-bond acceptors (Lipinski definition) is 4. The lowest BCUT2D eigenvalue weighted by molar-refractivity contribution is -0.159. The van der Waals surface area contributed by atoms with Crippen molar-refractivity contribution in [3.8, 4) is 0 Å². The van der Waals surface area contributed by atoms with Crippen LogP contribution in [0.4, 0.5) is 0 Å². The molecule has 6 heteroatoms. The average molecular weight is 532 g/mol. The normalized spacial score (nSPS) is 39.6. The minimum absolute atomic E-state index is 0.0143. The van der Waals surface area contributed by atoms with Crippen molar-refractivity contribution in [2.45, 2.75) is 97.9 Å². The van der Waals surface area contributed by atoms with Crippen molar-refractivity contribution in [2.75, 3.05) is 0 Å². The van der Waals surface area contributed by atoms with Gasteiger partial charge in [0, 0.05) is 36.5 Å². The Morgan fingerprint density at radius 1 is 1.11 bits per heavy atom. The molecule has 4 saturated carbocycles. The maximum Gasteiger partial charge on any atom is 0.220 e. The number of halogens is 1. The monoisotopic (exact) mass is 531 g/mol. The molecule has 0 bridgehead atoms. The lowest BCUT2D eigenvalue weighted by Crippen LogP contribution is -2.57. The Bertz CT molecular complexity index is 1040. The Labute approximate surface area is 225 Å². The smallest absolute Gasteiger partial charge is 0.220 e. The second-order valence-corrected chi connectivity index (χ2v) is 14.7. The highest BCUT2D eigenvalue weighted by Gasteiger charge is 2.63. The van der Waals surface area contributed by atoms with Gasteiger partial charge in [0.2, 0.25) is 5.91 Å². The fourth-order valence-corrected chi connectivity index (χ4v) is 10.5. The number of rotatable bonds is 6. The first kappa shape index (κ1) is 26.4. The van der Waals surface area contributed by atoms with Crippen LogP contribution in [-0.2, 0) is 14.4 Å². The van der Waals surface area contributed by atoms with Crippen molar-refractivity contribution in [1.82, 2.24) is 5.32 Å². The zero-order valence-corrected chi connectivity index (χ0v) is 23.9. The molecule has 9 atom stereocenters. The Hall–Kier alpha value is -1.20. The number of hydrogen-bond donors (Lipinski definition) is 1. The molecule has 1 amide bonds. The molecule has 0 spiro atoms.